The lowest BCUT2D eigenvalue weighted by atomic mass is 9.97. The van der Waals surface area contributed by atoms with Gasteiger partial charge in [0.1, 0.15) is 0 Å². The van der Waals surface area contributed by atoms with Crippen molar-refractivity contribution in [3.8, 4) is 11.4 Å². The molecule has 0 aliphatic heterocycles. The zero-order valence-corrected chi connectivity index (χ0v) is 10.5. The zero-order valence-electron chi connectivity index (χ0n) is 10.5. The van der Waals surface area contributed by atoms with Gasteiger partial charge in [-0.25, -0.2) is 0 Å². The van der Waals surface area contributed by atoms with E-state index in [0.717, 1.165) is 6.07 Å². The van der Waals surface area contributed by atoms with Crippen LogP contribution >= 0.6 is 0 Å². The highest BCUT2D eigenvalue weighted by atomic mass is 19.4. The molecule has 0 unspecified atom stereocenters. The molecule has 0 radical (unpaired) electrons. The van der Waals surface area contributed by atoms with E-state index in [1.807, 2.05) is 0 Å². The maximum atomic E-state index is 12.4. The quantitative estimate of drug-likeness (QED) is 0.829. The molecule has 0 aliphatic carbocycles. The van der Waals surface area contributed by atoms with Gasteiger partial charge >= 0.3 is 24.0 Å². The summed E-state index contributed by atoms with van der Waals surface area (Å²) >= 11 is 0. The molecule has 0 atom stereocenters. The number of carbonyl (C=O) groups is 2. The minimum atomic E-state index is -4.81. The Bertz CT molecular complexity index is 712. The van der Waals surface area contributed by atoms with Crippen molar-refractivity contribution in [1.29, 1.82) is 0 Å². The van der Waals surface area contributed by atoms with Gasteiger partial charge < -0.3 is 14.7 Å². The van der Waals surface area contributed by atoms with Crippen LogP contribution in [0.25, 0.3) is 11.4 Å². The molecule has 0 aliphatic rings. The summed E-state index contributed by atoms with van der Waals surface area (Å²) in [5.74, 6) is -7.04. The van der Waals surface area contributed by atoms with Crippen molar-refractivity contribution in [2.75, 3.05) is 0 Å². The molecule has 2 aromatic rings. The van der Waals surface area contributed by atoms with Crippen LogP contribution in [0, 0.1) is 0 Å². The number of halogens is 3. The zero-order chi connectivity index (χ0) is 16.5. The van der Waals surface area contributed by atoms with Crippen LogP contribution in [-0.4, -0.2) is 32.3 Å². The number of benzene rings is 1. The first-order valence-electron chi connectivity index (χ1n) is 5.67. The maximum absolute atomic E-state index is 12.4. The summed E-state index contributed by atoms with van der Waals surface area (Å²) in [6, 6.07) is 4.89. The SMILES string of the molecule is O=C(O)C(C(=O)O)c1cccc(-c2noc(C(F)(F)F)n2)c1. The third kappa shape index (κ3) is 3.05. The van der Waals surface area contributed by atoms with E-state index in [9.17, 15) is 22.8 Å². The third-order valence-electron chi connectivity index (χ3n) is 2.64. The molecule has 116 valence electrons. The Morgan fingerprint density at radius 3 is 2.32 bits per heavy atom. The van der Waals surface area contributed by atoms with Crippen molar-refractivity contribution in [2.24, 2.45) is 0 Å². The summed E-state index contributed by atoms with van der Waals surface area (Å²) < 4.78 is 41.2. The fourth-order valence-electron chi connectivity index (χ4n) is 1.70. The van der Waals surface area contributed by atoms with E-state index in [4.69, 9.17) is 10.2 Å². The molecule has 0 fully saturated rings. The standard InChI is InChI=1S/C12H7F3N2O5/c13-12(14,15)11-16-8(17-22-11)6-3-1-2-5(4-6)7(9(18)19)10(20)21/h1-4,7H,(H,18,19)(H,20,21). The van der Waals surface area contributed by atoms with Crippen LogP contribution in [0.15, 0.2) is 28.8 Å². The van der Waals surface area contributed by atoms with Crippen LogP contribution in [0.5, 0.6) is 0 Å². The Balaban J connectivity index is 2.42. The van der Waals surface area contributed by atoms with Gasteiger partial charge in [-0.05, 0) is 11.6 Å². The first-order valence-corrected chi connectivity index (χ1v) is 5.67. The predicted octanol–water partition coefficient (Wildman–Crippen LogP) is 2.01. The van der Waals surface area contributed by atoms with Crippen molar-refractivity contribution in [3.63, 3.8) is 0 Å². The molecular formula is C12H7F3N2O5. The predicted molar refractivity (Wildman–Crippen MR) is 62.7 cm³/mol. The van der Waals surface area contributed by atoms with Crippen LogP contribution in [0.3, 0.4) is 0 Å². The molecule has 1 heterocycles. The smallest absolute Gasteiger partial charge is 0.471 e. The molecule has 0 bridgehead atoms. The molecule has 0 saturated heterocycles. The number of hydrogen-bond donors (Lipinski definition) is 2. The van der Waals surface area contributed by atoms with Gasteiger partial charge in [0.25, 0.3) is 0 Å². The summed E-state index contributed by atoms with van der Waals surface area (Å²) in [4.78, 5) is 25.0. The van der Waals surface area contributed by atoms with Crippen molar-refractivity contribution in [3.05, 3.63) is 35.7 Å². The molecule has 22 heavy (non-hydrogen) atoms. The van der Waals surface area contributed by atoms with E-state index in [2.05, 4.69) is 14.7 Å². The van der Waals surface area contributed by atoms with Crippen LogP contribution in [0.2, 0.25) is 0 Å². The average molecular weight is 316 g/mol. The molecular weight excluding hydrogens is 309 g/mol. The van der Waals surface area contributed by atoms with Gasteiger partial charge in [0, 0.05) is 5.56 Å². The lowest BCUT2D eigenvalue weighted by molar-refractivity contribution is -0.159. The molecule has 0 saturated carbocycles. The Morgan fingerprint density at radius 2 is 1.82 bits per heavy atom. The van der Waals surface area contributed by atoms with Gasteiger partial charge in [0.05, 0.1) is 0 Å². The van der Waals surface area contributed by atoms with E-state index in [1.54, 1.807) is 0 Å². The lowest BCUT2D eigenvalue weighted by Gasteiger charge is -2.08. The number of aromatic nitrogens is 2. The van der Waals surface area contributed by atoms with Crippen molar-refractivity contribution in [2.45, 2.75) is 12.1 Å². The summed E-state index contributed by atoms with van der Waals surface area (Å²) in [5, 5.41) is 20.9. The number of carboxylic acids is 2. The second-order valence-corrected chi connectivity index (χ2v) is 4.16. The molecule has 2 N–H and O–H groups in total. The third-order valence-corrected chi connectivity index (χ3v) is 2.64. The van der Waals surface area contributed by atoms with Gasteiger partial charge in [0.15, 0.2) is 5.92 Å². The monoisotopic (exact) mass is 316 g/mol. The highest BCUT2D eigenvalue weighted by Crippen LogP contribution is 2.30. The number of hydrogen-bond acceptors (Lipinski definition) is 5. The van der Waals surface area contributed by atoms with E-state index in [0.29, 0.717) is 0 Å². The van der Waals surface area contributed by atoms with Gasteiger partial charge in [-0.15, -0.1) is 0 Å². The normalized spacial score (nSPS) is 11.6. The topological polar surface area (TPSA) is 114 Å². The number of carboxylic acid groups (broad SMARTS) is 2. The maximum Gasteiger partial charge on any atom is 0.471 e. The first-order chi connectivity index (χ1) is 10.2. The van der Waals surface area contributed by atoms with E-state index in [1.165, 1.54) is 18.2 Å². The second-order valence-electron chi connectivity index (χ2n) is 4.16. The Labute approximate surface area is 120 Å². The number of alkyl halides is 3. The summed E-state index contributed by atoms with van der Waals surface area (Å²) in [7, 11) is 0. The van der Waals surface area contributed by atoms with E-state index >= 15 is 0 Å². The fraction of sp³-hybridized carbons (Fsp3) is 0.167. The largest absolute Gasteiger partial charge is 0.480 e. The first kappa shape index (κ1) is 15.5. The van der Waals surface area contributed by atoms with Crippen molar-refractivity contribution >= 4 is 11.9 Å². The fourth-order valence-corrected chi connectivity index (χ4v) is 1.70. The average Bonchev–Trinajstić information content (AvgIpc) is 2.87. The van der Waals surface area contributed by atoms with E-state index < -0.39 is 35.7 Å². The minimum absolute atomic E-state index is 0.00394. The van der Waals surface area contributed by atoms with Crippen LogP contribution in [-0.2, 0) is 15.8 Å². The van der Waals surface area contributed by atoms with Crippen LogP contribution in [0.4, 0.5) is 13.2 Å². The molecule has 7 nitrogen and oxygen atoms in total. The molecule has 1 aromatic carbocycles. The van der Waals surface area contributed by atoms with Gasteiger partial charge in [-0.2, -0.15) is 18.2 Å². The van der Waals surface area contributed by atoms with Crippen molar-refractivity contribution < 1.29 is 37.5 Å². The van der Waals surface area contributed by atoms with Crippen molar-refractivity contribution in [1.82, 2.24) is 10.1 Å². The molecule has 0 amide bonds. The van der Waals surface area contributed by atoms with Crippen LogP contribution in [0.1, 0.15) is 17.4 Å². The molecule has 1 aromatic heterocycles. The molecule has 10 heteroatoms. The molecule has 2 rings (SSSR count). The lowest BCUT2D eigenvalue weighted by Crippen LogP contribution is -2.21. The number of rotatable bonds is 4. The number of nitrogens with zero attached hydrogens (tertiary/aromatic N) is 2. The summed E-state index contributed by atoms with van der Waals surface area (Å²) in [6.07, 6.45) is -4.81. The Hall–Kier alpha value is -2.91. The van der Waals surface area contributed by atoms with Gasteiger partial charge in [-0.1, -0.05) is 23.4 Å². The molecule has 0 spiro atoms. The highest BCUT2D eigenvalue weighted by Gasteiger charge is 2.38. The van der Waals surface area contributed by atoms with E-state index in [-0.39, 0.29) is 11.1 Å². The summed E-state index contributed by atoms with van der Waals surface area (Å²) in [5.41, 5.74) is -0.125. The highest BCUT2D eigenvalue weighted by molar-refractivity contribution is 5.99. The van der Waals surface area contributed by atoms with Gasteiger partial charge in [0.2, 0.25) is 5.82 Å². The van der Waals surface area contributed by atoms with Crippen LogP contribution < -0.4 is 0 Å². The second kappa shape index (κ2) is 5.47. The minimum Gasteiger partial charge on any atom is -0.480 e. The Kier molecular flexibility index (Phi) is 3.85. The van der Waals surface area contributed by atoms with Gasteiger partial charge in [-0.3, -0.25) is 9.59 Å². The number of aliphatic carboxylic acids is 2. The Morgan fingerprint density at radius 1 is 1.18 bits per heavy atom. The summed E-state index contributed by atoms with van der Waals surface area (Å²) in [6.45, 7) is 0.